The lowest BCUT2D eigenvalue weighted by Gasteiger charge is -2.27. The number of pyridine rings is 1. The van der Waals surface area contributed by atoms with Gasteiger partial charge in [-0.05, 0) is 55.6 Å². The fraction of sp³-hybridized carbons (Fsp3) is 0.150. The third kappa shape index (κ3) is 3.36. The Balaban J connectivity index is 1.75. The summed E-state index contributed by atoms with van der Waals surface area (Å²) in [5, 5.41) is 7.28. The highest BCUT2D eigenvalue weighted by atomic mass is 32.2. The number of carbonyl (C=O) groups excluding carboxylic acids is 2. The van der Waals surface area contributed by atoms with E-state index in [2.05, 4.69) is 10.3 Å². The molecule has 136 valence electrons. The number of nitrogens with one attached hydrogen (secondary N) is 1. The lowest BCUT2D eigenvalue weighted by atomic mass is 10.1. The number of anilines is 2. The lowest BCUT2D eigenvalue weighted by Crippen LogP contribution is -2.37. The SMILES string of the molecule is CC(C)N1C(=O)c2cccnc2Sc2cc(NC(=O)c3ccsc3)ccc21. The van der Waals surface area contributed by atoms with Crippen LogP contribution in [0.15, 0.2) is 63.3 Å². The average Bonchev–Trinajstić information content (AvgIpc) is 3.15. The molecule has 3 heterocycles. The predicted molar refractivity (Wildman–Crippen MR) is 109 cm³/mol. The van der Waals surface area contributed by atoms with E-state index in [1.54, 1.807) is 29.3 Å². The Morgan fingerprint density at radius 3 is 2.81 bits per heavy atom. The van der Waals surface area contributed by atoms with Crippen LogP contribution in [0.5, 0.6) is 0 Å². The molecule has 0 saturated heterocycles. The topological polar surface area (TPSA) is 62.3 Å². The van der Waals surface area contributed by atoms with Crippen LogP contribution in [0.1, 0.15) is 34.6 Å². The standard InChI is InChI=1S/C20H17N3O2S2/c1-12(2)23-16-6-5-14(22-18(24)13-7-9-26-11-13)10-17(16)27-19-15(20(23)25)4-3-8-21-19/h3-12H,1-2H3,(H,22,24). The number of hydrogen-bond acceptors (Lipinski definition) is 5. The van der Waals surface area contributed by atoms with Crippen molar-refractivity contribution in [3.63, 3.8) is 0 Å². The van der Waals surface area contributed by atoms with E-state index in [4.69, 9.17) is 0 Å². The number of carbonyl (C=O) groups is 2. The predicted octanol–water partition coefficient (Wildman–Crippen LogP) is 4.92. The summed E-state index contributed by atoms with van der Waals surface area (Å²) in [6.45, 7) is 3.97. The van der Waals surface area contributed by atoms with Gasteiger partial charge in [-0.3, -0.25) is 9.59 Å². The van der Waals surface area contributed by atoms with Crippen LogP contribution in [0, 0.1) is 0 Å². The van der Waals surface area contributed by atoms with Crippen LogP contribution in [-0.4, -0.2) is 22.8 Å². The maximum atomic E-state index is 13.1. The number of fused-ring (bicyclic) bond motifs is 2. The van der Waals surface area contributed by atoms with Gasteiger partial charge in [-0.1, -0.05) is 11.8 Å². The van der Waals surface area contributed by atoms with Crippen LogP contribution in [-0.2, 0) is 0 Å². The zero-order valence-electron chi connectivity index (χ0n) is 14.8. The number of benzene rings is 1. The summed E-state index contributed by atoms with van der Waals surface area (Å²) in [6.07, 6.45) is 1.69. The molecule has 0 radical (unpaired) electrons. The molecule has 1 N–H and O–H groups in total. The van der Waals surface area contributed by atoms with E-state index in [1.807, 2.05) is 42.8 Å². The molecule has 2 aromatic heterocycles. The maximum absolute atomic E-state index is 13.1. The van der Waals surface area contributed by atoms with Crippen molar-refractivity contribution in [1.82, 2.24) is 4.98 Å². The van der Waals surface area contributed by atoms with Crippen molar-refractivity contribution >= 4 is 46.3 Å². The van der Waals surface area contributed by atoms with Gasteiger partial charge < -0.3 is 10.2 Å². The highest BCUT2D eigenvalue weighted by Crippen LogP contribution is 2.42. The molecule has 0 bridgehead atoms. The zero-order chi connectivity index (χ0) is 19.0. The largest absolute Gasteiger partial charge is 0.322 e. The molecule has 0 atom stereocenters. The van der Waals surface area contributed by atoms with E-state index in [-0.39, 0.29) is 17.9 Å². The summed E-state index contributed by atoms with van der Waals surface area (Å²) in [7, 11) is 0. The zero-order valence-corrected chi connectivity index (χ0v) is 16.4. The molecule has 0 fully saturated rings. The minimum Gasteiger partial charge on any atom is -0.322 e. The van der Waals surface area contributed by atoms with Gasteiger partial charge in [0.05, 0.1) is 16.8 Å². The molecule has 0 aliphatic carbocycles. The first-order chi connectivity index (χ1) is 13.0. The van der Waals surface area contributed by atoms with E-state index in [0.717, 1.165) is 10.6 Å². The molecule has 27 heavy (non-hydrogen) atoms. The van der Waals surface area contributed by atoms with E-state index >= 15 is 0 Å². The molecular weight excluding hydrogens is 378 g/mol. The van der Waals surface area contributed by atoms with Gasteiger partial charge in [0.25, 0.3) is 11.8 Å². The molecule has 0 unspecified atom stereocenters. The van der Waals surface area contributed by atoms with Gasteiger partial charge in [0, 0.05) is 28.2 Å². The first-order valence-electron chi connectivity index (χ1n) is 8.48. The molecule has 0 saturated carbocycles. The number of thiophene rings is 1. The maximum Gasteiger partial charge on any atom is 0.261 e. The van der Waals surface area contributed by atoms with Gasteiger partial charge in [-0.2, -0.15) is 11.3 Å². The Morgan fingerprint density at radius 2 is 2.07 bits per heavy atom. The van der Waals surface area contributed by atoms with Crippen molar-refractivity contribution in [3.8, 4) is 0 Å². The fourth-order valence-electron chi connectivity index (χ4n) is 2.96. The van der Waals surface area contributed by atoms with Crippen molar-refractivity contribution < 1.29 is 9.59 Å². The van der Waals surface area contributed by atoms with Gasteiger partial charge >= 0.3 is 0 Å². The third-order valence-corrected chi connectivity index (χ3v) is 5.95. The molecule has 3 aromatic rings. The van der Waals surface area contributed by atoms with Crippen LogP contribution < -0.4 is 10.2 Å². The summed E-state index contributed by atoms with van der Waals surface area (Å²) >= 11 is 2.93. The smallest absolute Gasteiger partial charge is 0.261 e. The summed E-state index contributed by atoms with van der Waals surface area (Å²) in [5.74, 6) is -0.209. The van der Waals surface area contributed by atoms with E-state index in [0.29, 0.717) is 21.8 Å². The number of rotatable bonds is 3. The van der Waals surface area contributed by atoms with Crippen molar-refractivity contribution in [2.24, 2.45) is 0 Å². The molecule has 5 nitrogen and oxygen atoms in total. The fourth-order valence-corrected chi connectivity index (χ4v) is 4.64. The average molecular weight is 396 g/mol. The molecule has 2 amide bonds. The van der Waals surface area contributed by atoms with E-state index < -0.39 is 0 Å². The number of aromatic nitrogens is 1. The normalized spacial score (nSPS) is 13.1. The Bertz CT molecular complexity index is 1020. The highest BCUT2D eigenvalue weighted by Gasteiger charge is 2.30. The molecule has 1 aromatic carbocycles. The Kier molecular flexibility index (Phi) is 4.72. The first-order valence-corrected chi connectivity index (χ1v) is 10.2. The Hall–Kier alpha value is -2.64. The van der Waals surface area contributed by atoms with Crippen molar-refractivity contribution in [2.75, 3.05) is 10.2 Å². The molecule has 1 aliphatic rings. The minimum absolute atomic E-state index is 0.00532. The summed E-state index contributed by atoms with van der Waals surface area (Å²) in [4.78, 5) is 32.5. The molecule has 1 aliphatic heterocycles. The number of hydrogen-bond donors (Lipinski definition) is 1. The van der Waals surface area contributed by atoms with E-state index in [1.165, 1.54) is 23.1 Å². The molecule has 4 rings (SSSR count). The molecule has 0 spiro atoms. The first kappa shape index (κ1) is 17.8. The van der Waals surface area contributed by atoms with Gasteiger partial charge in [0.15, 0.2) is 0 Å². The van der Waals surface area contributed by atoms with Crippen LogP contribution in [0.2, 0.25) is 0 Å². The molecular formula is C20H17N3O2S2. The van der Waals surface area contributed by atoms with Gasteiger partial charge in [0.1, 0.15) is 5.03 Å². The second kappa shape index (κ2) is 7.17. The monoisotopic (exact) mass is 395 g/mol. The van der Waals surface area contributed by atoms with E-state index in [9.17, 15) is 9.59 Å². The van der Waals surface area contributed by atoms with Crippen LogP contribution in [0.25, 0.3) is 0 Å². The molecule has 7 heteroatoms. The van der Waals surface area contributed by atoms with Crippen LogP contribution >= 0.6 is 23.1 Å². The second-order valence-corrected chi connectivity index (χ2v) is 8.19. The van der Waals surface area contributed by atoms with Gasteiger partial charge in [-0.25, -0.2) is 4.98 Å². The van der Waals surface area contributed by atoms with Crippen molar-refractivity contribution in [3.05, 3.63) is 64.5 Å². The number of nitrogens with zero attached hydrogens (tertiary/aromatic N) is 2. The summed E-state index contributed by atoms with van der Waals surface area (Å²) in [6, 6.07) is 11.0. The number of amides is 2. The van der Waals surface area contributed by atoms with Gasteiger partial charge in [0.2, 0.25) is 0 Å². The summed E-state index contributed by atoms with van der Waals surface area (Å²) in [5.41, 5.74) is 2.74. The lowest BCUT2D eigenvalue weighted by molar-refractivity contribution is 0.0975. The van der Waals surface area contributed by atoms with Crippen LogP contribution in [0.4, 0.5) is 11.4 Å². The quantitative estimate of drug-likeness (QED) is 0.684. The second-order valence-electron chi connectivity index (χ2n) is 6.38. The highest BCUT2D eigenvalue weighted by molar-refractivity contribution is 7.99. The summed E-state index contributed by atoms with van der Waals surface area (Å²) < 4.78 is 0. The third-order valence-electron chi connectivity index (χ3n) is 4.20. The minimum atomic E-state index is -0.148. The van der Waals surface area contributed by atoms with Crippen molar-refractivity contribution in [2.45, 2.75) is 29.8 Å². The Morgan fingerprint density at radius 1 is 1.22 bits per heavy atom. The Labute approximate surface area is 165 Å². The van der Waals surface area contributed by atoms with Crippen molar-refractivity contribution in [1.29, 1.82) is 0 Å². The van der Waals surface area contributed by atoms with Crippen LogP contribution in [0.3, 0.4) is 0 Å². The van der Waals surface area contributed by atoms with Gasteiger partial charge in [-0.15, -0.1) is 0 Å².